The summed E-state index contributed by atoms with van der Waals surface area (Å²) in [5.74, 6) is 0. The molecule has 6 nitrogen and oxygen atoms in total. The number of fused-ring (bicyclic) bond motifs is 1. The van der Waals surface area contributed by atoms with Gasteiger partial charge in [-0.25, -0.2) is 4.79 Å². The number of nitrogens with zero attached hydrogens (tertiary/aromatic N) is 3. The fourth-order valence-electron chi connectivity index (χ4n) is 3.00. The van der Waals surface area contributed by atoms with Gasteiger partial charge in [-0.15, -0.1) is 0 Å². The third-order valence-corrected chi connectivity index (χ3v) is 4.10. The molecule has 1 aliphatic rings. The van der Waals surface area contributed by atoms with Gasteiger partial charge in [0, 0.05) is 20.1 Å². The number of para-hydroxylation sites is 2. The van der Waals surface area contributed by atoms with Crippen LogP contribution in [0.4, 0.5) is 10.8 Å². The lowest BCUT2D eigenvalue weighted by Gasteiger charge is -2.30. The summed E-state index contributed by atoms with van der Waals surface area (Å²) in [5.41, 5.74) is 1.14. The Morgan fingerprint density at radius 2 is 2.17 bits per heavy atom. The zero-order chi connectivity index (χ0) is 17.3. The number of rotatable bonds is 3. The minimum absolute atomic E-state index is 0.111. The largest absolute Gasteiger partial charge is 0.444 e. The van der Waals surface area contributed by atoms with Crippen LogP contribution < -0.4 is 4.90 Å². The zero-order valence-corrected chi connectivity index (χ0v) is 14.8. The summed E-state index contributed by atoms with van der Waals surface area (Å²) >= 11 is 0. The van der Waals surface area contributed by atoms with Crippen molar-refractivity contribution in [3.05, 3.63) is 24.3 Å². The number of hydrogen-bond donors (Lipinski definition) is 0. The Hall–Kier alpha value is -2.24. The number of oxazole rings is 1. The predicted octanol–water partition coefficient (Wildman–Crippen LogP) is 3.66. The van der Waals surface area contributed by atoms with Crippen LogP contribution in [-0.2, 0) is 4.74 Å². The van der Waals surface area contributed by atoms with E-state index in [0.29, 0.717) is 12.6 Å². The first-order chi connectivity index (χ1) is 11.3. The van der Waals surface area contributed by atoms with Gasteiger partial charge >= 0.3 is 6.09 Å². The lowest BCUT2D eigenvalue weighted by molar-refractivity contribution is 0.0231. The molecular formula is C18H25N3O3. The fraction of sp³-hybridized carbons (Fsp3) is 0.556. The second-order valence-electron chi connectivity index (χ2n) is 7.31. The highest BCUT2D eigenvalue weighted by molar-refractivity contribution is 5.74. The van der Waals surface area contributed by atoms with Gasteiger partial charge in [0.05, 0.1) is 6.04 Å². The first-order valence-corrected chi connectivity index (χ1v) is 8.40. The number of likely N-dealkylation sites (tertiary alicyclic amines) is 1. The molecule has 3 rings (SSSR count). The van der Waals surface area contributed by atoms with E-state index in [9.17, 15) is 4.79 Å². The van der Waals surface area contributed by atoms with E-state index in [1.807, 2.05) is 61.9 Å². The normalized spacial score (nSPS) is 18.2. The monoisotopic (exact) mass is 331 g/mol. The quantitative estimate of drug-likeness (QED) is 0.859. The van der Waals surface area contributed by atoms with Crippen molar-refractivity contribution in [2.45, 2.75) is 45.3 Å². The highest BCUT2D eigenvalue weighted by Gasteiger charge is 2.33. The molecule has 0 N–H and O–H groups in total. The summed E-state index contributed by atoms with van der Waals surface area (Å²) in [7, 11) is 1.94. The molecule has 1 aliphatic heterocycles. The maximum atomic E-state index is 12.4. The van der Waals surface area contributed by atoms with E-state index in [4.69, 9.17) is 9.15 Å². The van der Waals surface area contributed by atoms with Crippen LogP contribution in [0.25, 0.3) is 11.1 Å². The topological polar surface area (TPSA) is 58.8 Å². The van der Waals surface area contributed by atoms with Crippen molar-refractivity contribution in [1.29, 1.82) is 0 Å². The summed E-state index contributed by atoms with van der Waals surface area (Å²) in [4.78, 5) is 20.7. The zero-order valence-electron chi connectivity index (χ0n) is 14.8. The molecule has 0 aliphatic carbocycles. The molecule has 2 aromatic rings. The second-order valence-corrected chi connectivity index (χ2v) is 7.31. The third kappa shape index (κ3) is 3.63. The molecule has 6 heteroatoms. The lowest BCUT2D eigenvalue weighted by atomic mass is 10.2. The van der Waals surface area contributed by atoms with Crippen molar-refractivity contribution in [3.63, 3.8) is 0 Å². The van der Waals surface area contributed by atoms with Crippen molar-refractivity contribution < 1.29 is 13.9 Å². The molecule has 0 radical (unpaired) electrons. The van der Waals surface area contributed by atoms with Crippen LogP contribution >= 0.6 is 0 Å². The van der Waals surface area contributed by atoms with Gasteiger partial charge in [0.15, 0.2) is 5.58 Å². The molecule has 1 atom stereocenters. The molecule has 130 valence electrons. The number of amides is 1. The van der Waals surface area contributed by atoms with Gasteiger partial charge in [0.25, 0.3) is 6.01 Å². The number of benzene rings is 1. The standard InChI is InChI=1S/C18H25N3O3/c1-18(2,3)24-17(22)21-11-7-8-13(21)12-20(4)16-19-14-9-5-6-10-15(14)23-16/h5-6,9-10,13H,7-8,11-12H2,1-4H3/t13-/m0/s1. The van der Waals surface area contributed by atoms with Gasteiger partial charge in [0.1, 0.15) is 11.1 Å². The lowest BCUT2D eigenvalue weighted by Crippen LogP contribution is -2.44. The fourth-order valence-corrected chi connectivity index (χ4v) is 3.00. The van der Waals surface area contributed by atoms with Crippen LogP contribution in [0.3, 0.4) is 0 Å². The Bertz CT molecular complexity index is 687. The molecule has 0 bridgehead atoms. The first-order valence-electron chi connectivity index (χ1n) is 8.40. The van der Waals surface area contributed by atoms with E-state index in [-0.39, 0.29) is 12.1 Å². The predicted molar refractivity (Wildman–Crippen MR) is 93.2 cm³/mol. The molecular weight excluding hydrogens is 306 g/mol. The summed E-state index contributed by atoms with van der Waals surface area (Å²) in [6, 6.07) is 8.39. The molecule has 2 heterocycles. The summed E-state index contributed by atoms with van der Waals surface area (Å²) in [5, 5.41) is 0. The SMILES string of the molecule is CN(C[C@@H]1CCCN1C(=O)OC(C)(C)C)c1nc2ccccc2o1. The van der Waals surface area contributed by atoms with Crippen molar-refractivity contribution >= 4 is 23.2 Å². The average molecular weight is 331 g/mol. The van der Waals surface area contributed by atoms with Crippen molar-refractivity contribution in [2.24, 2.45) is 0 Å². The Labute approximate surface area is 142 Å². The third-order valence-electron chi connectivity index (χ3n) is 4.10. The van der Waals surface area contributed by atoms with E-state index >= 15 is 0 Å². The number of aromatic nitrogens is 1. The Kier molecular flexibility index (Phi) is 4.39. The van der Waals surface area contributed by atoms with Gasteiger partial charge in [0.2, 0.25) is 0 Å². The van der Waals surface area contributed by atoms with Crippen molar-refractivity contribution in [2.75, 3.05) is 25.0 Å². The summed E-state index contributed by atoms with van der Waals surface area (Å²) in [6.07, 6.45) is 1.71. The minimum atomic E-state index is -0.476. The van der Waals surface area contributed by atoms with Gasteiger partial charge in [-0.3, -0.25) is 0 Å². The number of likely N-dealkylation sites (N-methyl/N-ethyl adjacent to an activating group) is 1. The van der Waals surface area contributed by atoms with Gasteiger partial charge in [-0.1, -0.05) is 12.1 Å². The van der Waals surface area contributed by atoms with Gasteiger partial charge < -0.3 is 19.0 Å². The van der Waals surface area contributed by atoms with E-state index in [1.165, 1.54) is 0 Å². The summed E-state index contributed by atoms with van der Waals surface area (Å²) in [6.45, 7) is 7.08. The summed E-state index contributed by atoms with van der Waals surface area (Å²) < 4.78 is 11.3. The number of ether oxygens (including phenoxy) is 1. The molecule has 0 unspecified atom stereocenters. The molecule has 1 aromatic carbocycles. The maximum Gasteiger partial charge on any atom is 0.410 e. The van der Waals surface area contributed by atoms with Crippen LogP contribution in [0.5, 0.6) is 0 Å². The van der Waals surface area contributed by atoms with E-state index in [0.717, 1.165) is 30.5 Å². The Balaban J connectivity index is 1.68. The van der Waals surface area contributed by atoms with Crippen LogP contribution in [0, 0.1) is 0 Å². The van der Waals surface area contributed by atoms with E-state index in [1.54, 1.807) is 0 Å². The Morgan fingerprint density at radius 1 is 1.42 bits per heavy atom. The molecule has 1 aromatic heterocycles. The molecule has 1 fully saturated rings. The van der Waals surface area contributed by atoms with Crippen molar-refractivity contribution in [1.82, 2.24) is 9.88 Å². The average Bonchev–Trinajstić information content (AvgIpc) is 3.11. The van der Waals surface area contributed by atoms with Gasteiger partial charge in [-0.2, -0.15) is 4.98 Å². The number of anilines is 1. The molecule has 1 saturated heterocycles. The number of carbonyl (C=O) groups excluding carboxylic acids is 1. The van der Waals surface area contributed by atoms with E-state index < -0.39 is 5.60 Å². The molecule has 0 spiro atoms. The van der Waals surface area contributed by atoms with Crippen LogP contribution in [0.1, 0.15) is 33.6 Å². The highest BCUT2D eigenvalue weighted by Crippen LogP contribution is 2.25. The van der Waals surface area contributed by atoms with Gasteiger partial charge in [-0.05, 0) is 45.7 Å². The van der Waals surface area contributed by atoms with Crippen molar-refractivity contribution in [3.8, 4) is 0 Å². The molecule has 24 heavy (non-hydrogen) atoms. The van der Waals surface area contributed by atoms with E-state index in [2.05, 4.69) is 4.98 Å². The smallest absolute Gasteiger partial charge is 0.410 e. The number of hydrogen-bond acceptors (Lipinski definition) is 5. The minimum Gasteiger partial charge on any atom is -0.444 e. The van der Waals surface area contributed by atoms with Crippen LogP contribution in [0.15, 0.2) is 28.7 Å². The maximum absolute atomic E-state index is 12.4. The number of carbonyl (C=O) groups is 1. The highest BCUT2D eigenvalue weighted by atomic mass is 16.6. The molecule has 1 amide bonds. The second kappa shape index (κ2) is 6.34. The van der Waals surface area contributed by atoms with Crippen LogP contribution in [0.2, 0.25) is 0 Å². The first kappa shape index (κ1) is 16.6. The Morgan fingerprint density at radius 3 is 2.88 bits per heavy atom. The van der Waals surface area contributed by atoms with Crippen LogP contribution in [-0.4, -0.2) is 47.8 Å². The molecule has 0 saturated carbocycles.